The second-order valence-corrected chi connectivity index (χ2v) is 5.44. The molecule has 0 unspecified atom stereocenters. The van der Waals surface area contributed by atoms with Crippen LogP contribution in [0, 0.1) is 0 Å². The molecule has 5 heteroatoms. The molecule has 0 fully saturated rings. The van der Waals surface area contributed by atoms with Crippen molar-refractivity contribution >= 4 is 22.6 Å². The van der Waals surface area contributed by atoms with Gasteiger partial charge >= 0.3 is 5.69 Å². The number of H-pyrrole nitrogens is 1. The molecule has 3 aromatic rings. The van der Waals surface area contributed by atoms with Crippen LogP contribution < -0.4 is 11.0 Å². The number of benzene rings is 2. The fourth-order valence-corrected chi connectivity index (χ4v) is 2.68. The van der Waals surface area contributed by atoms with Gasteiger partial charge in [-0.2, -0.15) is 0 Å². The van der Waals surface area contributed by atoms with Crippen molar-refractivity contribution in [3.63, 3.8) is 0 Å². The predicted octanol–water partition coefficient (Wildman–Crippen LogP) is 2.92. The van der Waals surface area contributed by atoms with Crippen LogP contribution in [-0.2, 0) is 17.8 Å². The molecule has 2 N–H and O–H groups in total. The van der Waals surface area contributed by atoms with Crippen molar-refractivity contribution in [1.82, 2.24) is 9.55 Å². The summed E-state index contributed by atoms with van der Waals surface area (Å²) in [7, 11) is 0. The Morgan fingerprint density at radius 1 is 1.17 bits per heavy atom. The van der Waals surface area contributed by atoms with E-state index in [0.29, 0.717) is 25.1 Å². The van der Waals surface area contributed by atoms with Gasteiger partial charge in [-0.15, -0.1) is 0 Å². The van der Waals surface area contributed by atoms with E-state index in [4.69, 9.17) is 0 Å². The van der Waals surface area contributed by atoms with E-state index in [-0.39, 0.29) is 11.6 Å². The number of imidazole rings is 1. The summed E-state index contributed by atoms with van der Waals surface area (Å²) in [6.07, 6.45) is 1.13. The Morgan fingerprint density at radius 2 is 1.96 bits per heavy atom. The first-order valence-electron chi connectivity index (χ1n) is 7.73. The molecule has 5 nitrogen and oxygen atoms in total. The molecule has 0 aliphatic heterocycles. The number of aryl methyl sites for hydroxylation is 2. The van der Waals surface area contributed by atoms with E-state index in [2.05, 4.69) is 10.3 Å². The van der Waals surface area contributed by atoms with E-state index in [0.717, 1.165) is 16.6 Å². The molecule has 0 spiro atoms. The number of amides is 1. The molecule has 0 aliphatic rings. The standard InChI is InChI=1S/C18H19N3O2/c1-2-21-16-10-9-14(12-15(16)20-18(21)23)19-17(22)11-8-13-6-4-3-5-7-13/h3-7,9-10,12H,2,8,11H2,1H3,(H,19,22)(H,20,23). The molecule has 23 heavy (non-hydrogen) atoms. The van der Waals surface area contributed by atoms with Crippen LogP contribution in [0.3, 0.4) is 0 Å². The smallest absolute Gasteiger partial charge is 0.326 e. The molecule has 118 valence electrons. The number of hydrogen-bond donors (Lipinski definition) is 2. The monoisotopic (exact) mass is 309 g/mol. The van der Waals surface area contributed by atoms with Gasteiger partial charge in [0.05, 0.1) is 11.0 Å². The third kappa shape index (κ3) is 3.34. The molecule has 2 aromatic carbocycles. The number of carbonyl (C=O) groups is 1. The number of anilines is 1. The fraction of sp³-hybridized carbons (Fsp3) is 0.222. The van der Waals surface area contributed by atoms with Gasteiger partial charge < -0.3 is 10.3 Å². The molecular formula is C18H19N3O2. The van der Waals surface area contributed by atoms with Crippen LogP contribution in [0.25, 0.3) is 11.0 Å². The Morgan fingerprint density at radius 3 is 2.70 bits per heavy atom. The minimum atomic E-state index is -0.130. The Labute approximate surface area is 134 Å². The number of aromatic nitrogens is 2. The van der Waals surface area contributed by atoms with E-state index >= 15 is 0 Å². The van der Waals surface area contributed by atoms with E-state index in [9.17, 15) is 9.59 Å². The summed E-state index contributed by atoms with van der Waals surface area (Å²) >= 11 is 0. The molecule has 1 aromatic heterocycles. The highest BCUT2D eigenvalue weighted by Crippen LogP contribution is 2.17. The normalized spacial score (nSPS) is 10.8. The number of nitrogens with one attached hydrogen (secondary N) is 2. The lowest BCUT2D eigenvalue weighted by Gasteiger charge is -2.06. The van der Waals surface area contributed by atoms with E-state index in [1.54, 1.807) is 10.6 Å². The number of rotatable bonds is 5. The summed E-state index contributed by atoms with van der Waals surface area (Å²) < 4.78 is 1.66. The maximum Gasteiger partial charge on any atom is 0.326 e. The number of carbonyl (C=O) groups excluding carboxylic acids is 1. The first-order chi connectivity index (χ1) is 11.2. The molecule has 0 atom stereocenters. The van der Waals surface area contributed by atoms with Gasteiger partial charge in [-0.25, -0.2) is 4.79 Å². The van der Waals surface area contributed by atoms with E-state index in [1.807, 2.05) is 49.4 Å². The van der Waals surface area contributed by atoms with Crippen LogP contribution in [0.2, 0.25) is 0 Å². The fourth-order valence-electron chi connectivity index (χ4n) is 2.68. The van der Waals surface area contributed by atoms with Crippen LogP contribution in [-0.4, -0.2) is 15.5 Å². The van der Waals surface area contributed by atoms with Gasteiger partial charge in [0.1, 0.15) is 0 Å². The zero-order valence-electron chi connectivity index (χ0n) is 13.0. The third-order valence-electron chi connectivity index (χ3n) is 3.86. The lowest BCUT2D eigenvalue weighted by atomic mass is 10.1. The second-order valence-electron chi connectivity index (χ2n) is 5.44. The van der Waals surface area contributed by atoms with Crippen molar-refractivity contribution < 1.29 is 4.79 Å². The van der Waals surface area contributed by atoms with Crippen molar-refractivity contribution in [2.24, 2.45) is 0 Å². The van der Waals surface area contributed by atoms with Gasteiger partial charge in [0.15, 0.2) is 0 Å². The summed E-state index contributed by atoms with van der Waals surface area (Å²) in [5.74, 6) is -0.0366. The van der Waals surface area contributed by atoms with Crippen LogP contribution in [0.1, 0.15) is 18.9 Å². The van der Waals surface area contributed by atoms with Crippen LogP contribution in [0.15, 0.2) is 53.3 Å². The van der Waals surface area contributed by atoms with Gasteiger partial charge in [0.25, 0.3) is 0 Å². The van der Waals surface area contributed by atoms with Crippen molar-refractivity contribution in [1.29, 1.82) is 0 Å². The quantitative estimate of drug-likeness (QED) is 0.761. The summed E-state index contributed by atoms with van der Waals surface area (Å²) in [6.45, 7) is 2.54. The Balaban J connectivity index is 1.69. The molecular weight excluding hydrogens is 290 g/mol. The highest BCUT2D eigenvalue weighted by Gasteiger charge is 2.08. The number of aromatic amines is 1. The molecule has 0 radical (unpaired) electrons. The minimum Gasteiger partial charge on any atom is -0.326 e. The lowest BCUT2D eigenvalue weighted by Crippen LogP contribution is -2.14. The summed E-state index contributed by atoms with van der Waals surface area (Å²) in [5, 5.41) is 2.88. The summed E-state index contributed by atoms with van der Waals surface area (Å²) in [5.41, 5.74) is 3.29. The molecule has 0 aliphatic carbocycles. The van der Waals surface area contributed by atoms with Crippen molar-refractivity contribution in [3.8, 4) is 0 Å². The zero-order valence-corrected chi connectivity index (χ0v) is 13.0. The van der Waals surface area contributed by atoms with Gasteiger partial charge in [-0.1, -0.05) is 30.3 Å². The molecule has 1 amide bonds. The van der Waals surface area contributed by atoms with E-state index < -0.39 is 0 Å². The lowest BCUT2D eigenvalue weighted by molar-refractivity contribution is -0.116. The minimum absolute atomic E-state index is 0.0366. The van der Waals surface area contributed by atoms with Gasteiger partial charge in [-0.3, -0.25) is 9.36 Å². The molecule has 3 rings (SSSR count). The summed E-state index contributed by atoms with van der Waals surface area (Å²) in [6, 6.07) is 15.4. The third-order valence-corrected chi connectivity index (χ3v) is 3.86. The zero-order chi connectivity index (χ0) is 16.2. The number of nitrogens with zero attached hydrogens (tertiary/aromatic N) is 1. The number of fused-ring (bicyclic) bond motifs is 1. The first-order valence-corrected chi connectivity index (χ1v) is 7.73. The number of hydrogen-bond acceptors (Lipinski definition) is 2. The maximum absolute atomic E-state index is 12.1. The van der Waals surface area contributed by atoms with Gasteiger partial charge in [0, 0.05) is 18.7 Å². The predicted molar refractivity (Wildman–Crippen MR) is 91.6 cm³/mol. The second kappa shape index (κ2) is 6.52. The van der Waals surface area contributed by atoms with Crippen molar-refractivity contribution in [3.05, 3.63) is 64.6 Å². The summed E-state index contributed by atoms with van der Waals surface area (Å²) in [4.78, 5) is 26.7. The first kappa shape index (κ1) is 15.1. The van der Waals surface area contributed by atoms with Gasteiger partial charge in [0.2, 0.25) is 5.91 Å². The Hall–Kier alpha value is -2.82. The van der Waals surface area contributed by atoms with E-state index in [1.165, 1.54) is 0 Å². The SMILES string of the molecule is CCn1c(=O)[nH]c2cc(NC(=O)CCc3ccccc3)ccc21. The maximum atomic E-state index is 12.1. The van der Waals surface area contributed by atoms with Gasteiger partial charge in [-0.05, 0) is 37.1 Å². The Bertz CT molecular complexity index is 878. The molecule has 1 heterocycles. The molecule has 0 bridgehead atoms. The van der Waals surface area contributed by atoms with Crippen LogP contribution in [0.5, 0.6) is 0 Å². The average Bonchev–Trinajstić information content (AvgIpc) is 2.88. The topological polar surface area (TPSA) is 66.9 Å². The van der Waals surface area contributed by atoms with Crippen LogP contribution >= 0.6 is 0 Å². The van der Waals surface area contributed by atoms with Crippen molar-refractivity contribution in [2.45, 2.75) is 26.3 Å². The highest BCUT2D eigenvalue weighted by atomic mass is 16.2. The molecule has 0 saturated carbocycles. The van der Waals surface area contributed by atoms with Crippen molar-refractivity contribution in [2.75, 3.05) is 5.32 Å². The average molecular weight is 309 g/mol. The largest absolute Gasteiger partial charge is 0.326 e. The van der Waals surface area contributed by atoms with Crippen LogP contribution in [0.4, 0.5) is 5.69 Å². The molecule has 0 saturated heterocycles. The Kier molecular flexibility index (Phi) is 4.28. The highest BCUT2D eigenvalue weighted by molar-refractivity contribution is 5.93.